The standard InChI is InChI=1S/C27H19N3O2/c1-16-8-9-23-20(12-16)26(31)21-14-22-19(15-24(21)29(23)2)27(32)30-11-10-18(13-25(30)28-22)17-6-4-3-5-7-17/h3-15H,1-2H3. The summed E-state index contributed by atoms with van der Waals surface area (Å²) in [5, 5.41) is 1.72. The molecule has 3 aromatic heterocycles. The van der Waals surface area contributed by atoms with Gasteiger partial charge in [-0.2, -0.15) is 0 Å². The van der Waals surface area contributed by atoms with E-state index in [4.69, 9.17) is 4.98 Å². The van der Waals surface area contributed by atoms with Gasteiger partial charge >= 0.3 is 0 Å². The van der Waals surface area contributed by atoms with Gasteiger partial charge in [-0.1, -0.05) is 42.0 Å². The number of hydrogen-bond acceptors (Lipinski definition) is 3. The van der Waals surface area contributed by atoms with Crippen molar-refractivity contribution in [3.63, 3.8) is 0 Å². The van der Waals surface area contributed by atoms with E-state index < -0.39 is 0 Å². The van der Waals surface area contributed by atoms with E-state index >= 15 is 0 Å². The predicted octanol–water partition coefficient (Wildman–Crippen LogP) is 4.83. The number of aryl methyl sites for hydroxylation is 2. The molecule has 0 fully saturated rings. The molecule has 0 aliphatic rings. The molecule has 5 nitrogen and oxygen atoms in total. The lowest BCUT2D eigenvalue weighted by molar-refractivity contribution is 1.00. The van der Waals surface area contributed by atoms with Crippen LogP contribution in [-0.4, -0.2) is 14.0 Å². The first-order valence-corrected chi connectivity index (χ1v) is 10.5. The van der Waals surface area contributed by atoms with Crippen molar-refractivity contribution < 1.29 is 0 Å². The van der Waals surface area contributed by atoms with Crippen LogP contribution in [0.3, 0.4) is 0 Å². The highest BCUT2D eigenvalue weighted by atomic mass is 16.1. The summed E-state index contributed by atoms with van der Waals surface area (Å²) < 4.78 is 3.53. The Balaban J connectivity index is 1.71. The summed E-state index contributed by atoms with van der Waals surface area (Å²) in [5.41, 5.74) is 5.52. The lowest BCUT2D eigenvalue weighted by Gasteiger charge is -2.12. The van der Waals surface area contributed by atoms with Crippen LogP contribution >= 0.6 is 0 Å². The number of nitrogens with zero attached hydrogens (tertiary/aromatic N) is 3. The molecule has 0 aliphatic heterocycles. The van der Waals surface area contributed by atoms with Gasteiger partial charge in [-0.05, 0) is 54.4 Å². The minimum atomic E-state index is -0.150. The third-order valence-electron chi connectivity index (χ3n) is 6.20. The van der Waals surface area contributed by atoms with Crippen molar-refractivity contribution in [1.29, 1.82) is 0 Å². The second-order valence-corrected chi connectivity index (χ2v) is 8.22. The summed E-state index contributed by atoms with van der Waals surface area (Å²) in [4.78, 5) is 31.4. The number of hydrogen-bond donors (Lipinski definition) is 0. The molecule has 154 valence electrons. The Morgan fingerprint density at radius 1 is 0.750 bits per heavy atom. The van der Waals surface area contributed by atoms with Gasteiger partial charge in [0, 0.05) is 24.0 Å². The number of aromatic nitrogens is 3. The van der Waals surface area contributed by atoms with Gasteiger partial charge in [0.1, 0.15) is 5.65 Å². The summed E-state index contributed by atoms with van der Waals surface area (Å²) >= 11 is 0. The van der Waals surface area contributed by atoms with E-state index in [-0.39, 0.29) is 11.0 Å². The molecule has 0 saturated carbocycles. The Morgan fingerprint density at radius 2 is 1.53 bits per heavy atom. The molecule has 0 atom stereocenters. The lowest BCUT2D eigenvalue weighted by Crippen LogP contribution is -2.16. The zero-order valence-electron chi connectivity index (χ0n) is 17.7. The SMILES string of the molecule is Cc1ccc2c(c1)c(=O)c1cc3nc4cc(-c5ccccc5)ccn4c(=O)c3cc1n2C. The Labute approximate surface area is 182 Å². The number of rotatable bonds is 1. The molecule has 0 saturated heterocycles. The molecule has 3 aromatic carbocycles. The van der Waals surface area contributed by atoms with E-state index in [1.165, 1.54) is 0 Å². The highest BCUT2D eigenvalue weighted by Gasteiger charge is 2.14. The first-order chi connectivity index (χ1) is 15.5. The van der Waals surface area contributed by atoms with Gasteiger partial charge in [-0.3, -0.25) is 14.0 Å². The van der Waals surface area contributed by atoms with Gasteiger partial charge in [-0.25, -0.2) is 4.98 Å². The summed E-state index contributed by atoms with van der Waals surface area (Å²) in [6.45, 7) is 1.97. The van der Waals surface area contributed by atoms with Crippen molar-refractivity contribution in [2.75, 3.05) is 0 Å². The Bertz CT molecular complexity index is 1830. The molecule has 0 aliphatic carbocycles. The lowest BCUT2D eigenvalue weighted by atomic mass is 10.1. The fraction of sp³-hybridized carbons (Fsp3) is 0.0741. The van der Waals surface area contributed by atoms with Crippen LogP contribution in [0.4, 0.5) is 0 Å². The molecule has 0 unspecified atom stereocenters. The van der Waals surface area contributed by atoms with Crippen molar-refractivity contribution >= 4 is 38.4 Å². The zero-order chi connectivity index (χ0) is 22.0. The molecular formula is C27H19N3O2. The summed E-state index contributed by atoms with van der Waals surface area (Å²) in [6, 6.07) is 23.2. The maximum Gasteiger partial charge on any atom is 0.265 e. The zero-order valence-corrected chi connectivity index (χ0v) is 17.7. The fourth-order valence-electron chi connectivity index (χ4n) is 4.51. The van der Waals surface area contributed by atoms with Crippen molar-refractivity contribution in [2.45, 2.75) is 6.92 Å². The second-order valence-electron chi connectivity index (χ2n) is 8.22. The molecule has 0 N–H and O–H groups in total. The van der Waals surface area contributed by atoms with Crippen molar-refractivity contribution in [1.82, 2.24) is 14.0 Å². The third kappa shape index (κ3) is 2.61. The van der Waals surface area contributed by atoms with Crippen molar-refractivity contribution in [3.05, 3.63) is 105 Å². The smallest absolute Gasteiger partial charge is 0.265 e. The van der Waals surface area contributed by atoms with Gasteiger partial charge in [-0.15, -0.1) is 0 Å². The first-order valence-electron chi connectivity index (χ1n) is 10.5. The van der Waals surface area contributed by atoms with E-state index in [2.05, 4.69) is 0 Å². The van der Waals surface area contributed by atoms with Crippen LogP contribution in [0, 0.1) is 6.92 Å². The molecule has 5 heteroatoms. The van der Waals surface area contributed by atoms with E-state index in [1.807, 2.05) is 79.2 Å². The van der Waals surface area contributed by atoms with Gasteiger partial charge in [0.2, 0.25) is 0 Å². The minimum absolute atomic E-state index is 0.0428. The first kappa shape index (κ1) is 18.5. The number of fused-ring (bicyclic) bond motifs is 4. The number of benzene rings is 3. The maximum absolute atomic E-state index is 13.3. The van der Waals surface area contributed by atoms with Crippen molar-refractivity contribution in [3.8, 4) is 11.1 Å². The van der Waals surface area contributed by atoms with Gasteiger partial charge in [0.15, 0.2) is 5.43 Å². The highest BCUT2D eigenvalue weighted by Crippen LogP contribution is 2.24. The molecule has 3 heterocycles. The monoisotopic (exact) mass is 417 g/mol. The quantitative estimate of drug-likeness (QED) is 0.360. The predicted molar refractivity (Wildman–Crippen MR) is 129 cm³/mol. The maximum atomic E-state index is 13.3. The van der Waals surface area contributed by atoms with E-state index in [0.29, 0.717) is 27.3 Å². The third-order valence-corrected chi connectivity index (χ3v) is 6.20. The summed E-state index contributed by atoms with van der Waals surface area (Å²) in [6.07, 6.45) is 1.76. The van der Waals surface area contributed by atoms with Gasteiger partial charge < -0.3 is 4.57 Å². The average molecular weight is 417 g/mol. The Kier molecular flexibility index (Phi) is 3.83. The topological polar surface area (TPSA) is 56.4 Å². The molecule has 32 heavy (non-hydrogen) atoms. The van der Waals surface area contributed by atoms with Gasteiger partial charge in [0.05, 0.1) is 21.9 Å². The van der Waals surface area contributed by atoms with Crippen LogP contribution in [-0.2, 0) is 7.05 Å². The van der Waals surface area contributed by atoms with Crippen LogP contribution in [0.1, 0.15) is 5.56 Å². The molecule has 0 radical (unpaired) electrons. The largest absolute Gasteiger partial charge is 0.343 e. The average Bonchev–Trinajstić information content (AvgIpc) is 2.82. The van der Waals surface area contributed by atoms with Crippen LogP contribution in [0.15, 0.2) is 88.6 Å². The highest BCUT2D eigenvalue weighted by molar-refractivity contribution is 6.00. The summed E-state index contributed by atoms with van der Waals surface area (Å²) in [5.74, 6) is 0. The molecule has 0 amide bonds. The van der Waals surface area contributed by atoms with Crippen LogP contribution in [0.25, 0.3) is 49.5 Å². The fourth-order valence-corrected chi connectivity index (χ4v) is 4.51. The van der Waals surface area contributed by atoms with Crippen molar-refractivity contribution in [2.24, 2.45) is 7.05 Å². The molecule has 6 aromatic rings. The molecule has 0 bridgehead atoms. The molecular weight excluding hydrogens is 398 g/mol. The normalized spacial score (nSPS) is 11.7. The van der Waals surface area contributed by atoms with E-state index in [1.54, 1.807) is 22.7 Å². The Hall–Kier alpha value is -4.25. The van der Waals surface area contributed by atoms with E-state index in [9.17, 15) is 9.59 Å². The summed E-state index contributed by atoms with van der Waals surface area (Å²) in [7, 11) is 1.92. The van der Waals surface area contributed by atoms with Crippen LogP contribution < -0.4 is 11.0 Å². The number of pyridine rings is 2. The molecule has 6 rings (SSSR count). The van der Waals surface area contributed by atoms with E-state index in [0.717, 1.165) is 27.7 Å². The minimum Gasteiger partial charge on any atom is -0.343 e. The van der Waals surface area contributed by atoms with Gasteiger partial charge in [0.25, 0.3) is 5.56 Å². The Morgan fingerprint density at radius 3 is 2.34 bits per heavy atom. The second kappa shape index (κ2) is 6.62. The van der Waals surface area contributed by atoms with Crippen LogP contribution in [0.2, 0.25) is 0 Å². The molecule has 0 spiro atoms. The van der Waals surface area contributed by atoms with Crippen LogP contribution in [0.5, 0.6) is 0 Å².